The quantitative estimate of drug-likeness (QED) is 0.794. The first-order valence-corrected chi connectivity index (χ1v) is 8.67. The summed E-state index contributed by atoms with van der Waals surface area (Å²) in [5.41, 5.74) is -0.365. The van der Waals surface area contributed by atoms with Crippen molar-refractivity contribution in [3.05, 3.63) is 22.4 Å². The van der Waals surface area contributed by atoms with Crippen molar-refractivity contribution in [3.8, 4) is 0 Å². The van der Waals surface area contributed by atoms with E-state index in [4.69, 9.17) is 0 Å². The summed E-state index contributed by atoms with van der Waals surface area (Å²) >= 11 is 1.66. The molecular weight excluding hydrogens is 286 g/mol. The number of hydrogen-bond donors (Lipinski definition) is 3. The van der Waals surface area contributed by atoms with Gasteiger partial charge in [0, 0.05) is 23.4 Å². The summed E-state index contributed by atoms with van der Waals surface area (Å²) in [5.74, 6) is 0.00908. The Bertz CT molecular complexity index is 482. The van der Waals surface area contributed by atoms with Crippen LogP contribution in [-0.4, -0.2) is 34.9 Å². The first-order chi connectivity index (χ1) is 10.2. The molecular formula is C16H23NO3S. The number of carbonyl (C=O) groups excluding carboxylic acids is 1. The average Bonchev–Trinajstić information content (AvgIpc) is 3.19. The number of thiophene rings is 1. The second-order valence-corrected chi connectivity index (χ2v) is 7.37. The molecule has 1 amide bonds. The van der Waals surface area contributed by atoms with Gasteiger partial charge in [0.1, 0.15) is 0 Å². The molecule has 2 saturated carbocycles. The Morgan fingerprint density at radius 1 is 1.38 bits per heavy atom. The predicted octanol–water partition coefficient (Wildman–Crippen LogP) is 1.81. The lowest BCUT2D eigenvalue weighted by atomic mass is 9.83. The highest BCUT2D eigenvalue weighted by Crippen LogP contribution is 2.43. The zero-order valence-corrected chi connectivity index (χ0v) is 12.9. The molecule has 1 aromatic heterocycles. The van der Waals surface area contributed by atoms with Crippen molar-refractivity contribution in [1.29, 1.82) is 0 Å². The Hall–Kier alpha value is -0.910. The maximum Gasteiger partial charge on any atom is 0.231 e. The van der Waals surface area contributed by atoms with E-state index in [0.29, 0.717) is 12.8 Å². The fourth-order valence-electron chi connectivity index (χ4n) is 3.86. The highest BCUT2D eigenvalue weighted by molar-refractivity contribution is 7.10. The SMILES string of the molecule is O=C(N[C@@H]1C[C@H](CO)[C@H](O)C1)C1(c2cccs2)CCCC1. The van der Waals surface area contributed by atoms with Crippen molar-refractivity contribution in [1.82, 2.24) is 5.32 Å². The van der Waals surface area contributed by atoms with Crippen molar-refractivity contribution in [3.63, 3.8) is 0 Å². The average molecular weight is 309 g/mol. The van der Waals surface area contributed by atoms with Crippen LogP contribution in [0.3, 0.4) is 0 Å². The van der Waals surface area contributed by atoms with Crippen LogP contribution in [0, 0.1) is 5.92 Å². The molecule has 0 unspecified atom stereocenters. The fraction of sp³-hybridized carbons (Fsp3) is 0.688. The monoisotopic (exact) mass is 309 g/mol. The van der Waals surface area contributed by atoms with Crippen LogP contribution in [0.1, 0.15) is 43.4 Å². The van der Waals surface area contributed by atoms with E-state index in [9.17, 15) is 15.0 Å². The summed E-state index contributed by atoms with van der Waals surface area (Å²) < 4.78 is 0. The Labute approximate surface area is 129 Å². The summed E-state index contributed by atoms with van der Waals surface area (Å²) in [5, 5.41) is 24.3. The number of amides is 1. The van der Waals surface area contributed by atoms with Gasteiger partial charge in [-0.3, -0.25) is 4.79 Å². The molecule has 5 heteroatoms. The largest absolute Gasteiger partial charge is 0.396 e. The molecule has 21 heavy (non-hydrogen) atoms. The van der Waals surface area contributed by atoms with E-state index in [2.05, 4.69) is 11.4 Å². The second kappa shape index (κ2) is 6.07. The third-order valence-corrected chi connectivity index (χ3v) is 6.19. The van der Waals surface area contributed by atoms with Gasteiger partial charge in [-0.05, 0) is 37.1 Å². The van der Waals surface area contributed by atoms with Gasteiger partial charge in [-0.1, -0.05) is 18.9 Å². The summed E-state index contributed by atoms with van der Waals surface area (Å²) in [6.45, 7) is -0.0103. The summed E-state index contributed by atoms with van der Waals surface area (Å²) in [7, 11) is 0. The van der Waals surface area contributed by atoms with Crippen LogP contribution in [0.5, 0.6) is 0 Å². The Kier molecular flexibility index (Phi) is 4.33. The molecule has 3 N–H and O–H groups in total. The van der Waals surface area contributed by atoms with Gasteiger partial charge < -0.3 is 15.5 Å². The summed E-state index contributed by atoms with van der Waals surface area (Å²) in [6.07, 6.45) is 4.74. The molecule has 0 saturated heterocycles. The number of aliphatic hydroxyl groups excluding tert-OH is 2. The van der Waals surface area contributed by atoms with Gasteiger partial charge in [0.2, 0.25) is 5.91 Å². The molecule has 2 aliphatic carbocycles. The highest BCUT2D eigenvalue weighted by atomic mass is 32.1. The number of rotatable bonds is 4. The Morgan fingerprint density at radius 3 is 2.71 bits per heavy atom. The van der Waals surface area contributed by atoms with Crippen LogP contribution in [0.25, 0.3) is 0 Å². The summed E-state index contributed by atoms with van der Waals surface area (Å²) in [6, 6.07) is 4.06. The zero-order valence-electron chi connectivity index (χ0n) is 12.1. The van der Waals surface area contributed by atoms with Crippen LogP contribution >= 0.6 is 11.3 Å². The van der Waals surface area contributed by atoms with Crippen molar-refractivity contribution >= 4 is 17.2 Å². The fourth-order valence-corrected chi connectivity index (χ4v) is 4.84. The molecule has 4 nitrogen and oxygen atoms in total. The van der Waals surface area contributed by atoms with E-state index >= 15 is 0 Å². The lowest BCUT2D eigenvalue weighted by Crippen LogP contribution is -2.46. The van der Waals surface area contributed by atoms with Gasteiger partial charge in [-0.2, -0.15) is 0 Å². The van der Waals surface area contributed by atoms with Gasteiger partial charge in [-0.25, -0.2) is 0 Å². The van der Waals surface area contributed by atoms with Crippen molar-refractivity contribution in [2.45, 2.75) is 56.1 Å². The third kappa shape index (κ3) is 2.74. The van der Waals surface area contributed by atoms with E-state index in [1.54, 1.807) is 11.3 Å². The van der Waals surface area contributed by atoms with Crippen molar-refractivity contribution in [2.75, 3.05) is 6.61 Å². The molecule has 2 aliphatic rings. The van der Waals surface area contributed by atoms with Gasteiger partial charge in [-0.15, -0.1) is 11.3 Å². The number of hydrogen-bond acceptors (Lipinski definition) is 4. The summed E-state index contributed by atoms with van der Waals surface area (Å²) in [4.78, 5) is 14.0. The first-order valence-electron chi connectivity index (χ1n) is 7.79. The molecule has 0 spiro atoms. The van der Waals surface area contributed by atoms with Gasteiger partial charge >= 0.3 is 0 Å². The molecule has 1 aromatic rings. The van der Waals surface area contributed by atoms with Crippen LogP contribution < -0.4 is 5.32 Å². The zero-order chi connectivity index (χ0) is 14.9. The van der Waals surface area contributed by atoms with E-state index in [1.165, 1.54) is 0 Å². The maximum atomic E-state index is 12.9. The lowest BCUT2D eigenvalue weighted by molar-refractivity contribution is -0.127. The normalized spacial score (nSPS) is 31.4. The molecule has 0 aromatic carbocycles. The van der Waals surface area contributed by atoms with E-state index in [-0.39, 0.29) is 29.9 Å². The van der Waals surface area contributed by atoms with Crippen molar-refractivity contribution in [2.24, 2.45) is 5.92 Å². The van der Waals surface area contributed by atoms with Gasteiger partial charge in [0.05, 0.1) is 11.5 Å². The first kappa shape index (κ1) is 15.0. The minimum absolute atomic E-state index is 0.0103. The number of nitrogens with one attached hydrogen (secondary N) is 1. The van der Waals surface area contributed by atoms with E-state index in [1.807, 2.05) is 11.4 Å². The Balaban J connectivity index is 1.72. The number of aliphatic hydroxyl groups is 2. The minimum atomic E-state index is -0.499. The number of carbonyl (C=O) groups is 1. The Morgan fingerprint density at radius 2 is 2.14 bits per heavy atom. The van der Waals surface area contributed by atoms with E-state index in [0.717, 1.165) is 30.6 Å². The topological polar surface area (TPSA) is 69.6 Å². The molecule has 3 atom stereocenters. The minimum Gasteiger partial charge on any atom is -0.396 e. The van der Waals surface area contributed by atoms with Gasteiger partial charge in [0.25, 0.3) is 0 Å². The van der Waals surface area contributed by atoms with Crippen LogP contribution in [-0.2, 0) is 10.2 Å². The molecule has 0 aliphatic heterocycles. The molecule has 116 valence electrons. The maximum absolute atomic E-state index is 12.9. The molecule has 2 fully saturated rings. The van der Waals surface area contributed by atoms with Crippen molar-refractivity contribution < 1.29 is 15.0 Å². The smallest absolute Gasteiger partial charge is 0.231 e. The highest BCUT2D eigenvalue weighted by Gasteiger charge is 2.45. The standard InChI is InChI=1S/C16H23NO3S/c18-10-11-8-12(9-13(11)19)17-15(20)16(5-1-2-6-16)14-4-3-7-21-14/h3-4,7,11-13,18-19H,1-2,5-6,8-10H2,(H,17,20)/t11-,12-,13-/m1/s1. The van der Waals surface area contributed by atoms with Crippen LogP contribution in [0.15, 0.2) is 17.5 Å². The molecule has 3 rings (SSSR count). The second-order valence-electron chi connectivity index (χ2n) is 6.42. The lowest BCUT2D eigenvalue weighted by Gasteiger charge is -2.28. The van der Waals surface area contributed by atoms with E-state index < -0.39 is 6.10 Å². The van der Waals surface area contributed by atoms with Gasteiger partial charge in [0.15, 0.2) is 0 Å². The molecule has 0 radical (unpaired) electrons. The third-order valence-electron chi connectivity index (χ3n) is 5.11. The van der Waals surface area contributed by atoms with Crippen LogP contribution in [0.4, 0.5) is 0 Å². The molecule has 1 heterocycles. The predicted molar refractivity (Wildman–Crippen MR) is 82.2 cm³/mol. The molecule has 0 bridgehead atoms. The van der Waals surface area contributed by atoms with Crippen LogP contribution in [0.2, 0.25) is 0 Å².